The number of methoxy groups -OCH3 is 1. The molecule has 1 fully saturated rings. The molecule has 2 amide bonds. The summed E-state index contributed by atoms with van der Waals surface area (Å²) in [7, 11) is 1.62. The molecule has 0 bridgehead atoms. The van der Waals surface area contributed by atoms with E-state index in [0.717, 1.165) is 42.9 Å². The third kappa shape index (κ3) is 5.23. The topological polar surface area (TPSA) is 70.7 Å². The fourth-order valence-electron chi connectivity index (χ4n) is 3.02. The maximum Gasteiger partial charge on any atom is 0.253 e. The highest BCUT2D eigenvalue weighted by Crippen LogP contribution is 2.15. The van der Waals surface area contributed by atoms with Gasteiger partial charge in [-0.15, -0.1) is 0 Å². The van der Waals surface area contributed by atoms with Crippen LogP contribution in [0.1, 0.15) is 28.8 Å². The zero-order valence-corrected chi connectivity index (χ0v) is 15.5. The van der Waals surface area contributed by atoms with Crippen LogP contribution < -0.4 is 15.4 Å². The van der Waals surface area contributed by atoms with Gasteiger partial charge in [0.25, 0.3) is 5.91 Å². The summed E-state index contributed by atoms with van der Waals surface area (Å²) in [5.41, 5.74) is 2.51. The average molecular weight is 367 g/mol. The van der Waals surface area contributed by atoms with Crippen LogP contribution >= 0.6 is 0 Å². The van der Waals surface area contributed by atoms with Gasteiger partial charge in [-0.2, -0.15) is 0 Å². The van der Waals surface area contributed by atoms with E-state index in [4.69, 9.17) is 4.74 Å². The first-order valence-electron chi connectivity index (χ1n) is 9.18. The summed E-state index contributed by atoms with van der Waals surface area (Å²) in [6.45, 7) is 2.32. The van der Waals surface area contributed by atoms with Gasteiger partial charge in [0.05, 0.1) is 13.7 Å². The predicted molar refractivity (Wildman–Crippen MR) is 105 cm³/mol. The second-order valence-electron chi connectivity index (χ2n) is 6.56. The lowest BCUT2D eigenvalue weighted by Gasteiger charge is -2.15. The second-order valence-corrected chi connectivity index (χ2v) is 6.56. The van der Waals surface area contributed by atoms with Gasteiger partial charge >= 0.3 is 0 Å². The van der Waals surface area contributed by atoms with Gasteiger partial charge in [-0.1, -0.05) is 12.1 Å². The third-order valence-electron chi connectivity index (χ3n) is 4.63. The molecule has 6 heteroatoms. The van der Waals surface area contributed by atoms with Gasteiger partial charge in [0.15, 0.2) is 0 Å². The van der Waals surface area contributed by atoms with Crippen molar-refractivity contribution in [2.24, 2.45) is 0 Å². The first-order chi connectivity index (χ1) is 13.2. The molecule has 0 radical (unpaired) electrons. The van der Waals surface area contributed by atoms with Crippen molar-refractivity contribution in [1.82, 2.24) is 10.2 Å². The van der Waals surface area contributed by atoms with Crippen LogP contribution in [0.5, 0.6) is 5.75 Å². The maximum atomic E-state index is 12.3. The van der Waals surface area contributed by atoms with Gasteiger partial charge < -0.3 is 20.3 Å². The van der Waals surface area contributed by atoms with Crippen molar-refractivity contribution in [1.29, 1.82) is 0 Å². The van der Waals surface area contributed by atoms with Crippen LogP contribution in [0, 0.1) is 0 Å². The number of nitrogens with one attached hydrogen (secondary N) is 2. The predicted octanol–water partition coefficient (Wildman–Crippen LogP) is 2.66. The van der Waals surface area contributed by atoms with E-state index in [2.05, 4.69) is 10.6 Å². The molecule has 0 atom stereocenters. The van der Waals surface area contributed by atoms with E-state index in [1.807, 2.05) is 41.3 Å². The highest BCUT2D eigenvalue weighted by atomic mass is 16.5. The van der Waals surface area contributed by atoms with Crippen LogP contribution in [0.3, 0.4) is 0 Å². The quantitative estimate of drug-likeness (QED) is 0.789. The molecule has 0 saturated carbocycles. The average Bonchev–Trinajstić information content (AvgIpc) is 3.26. The minimum absolute atomic E-state index is 0.0799. The monoisotopic (exact) mass is 367 g/mol. The molecule has 2 N–H and O–H groups in total. The van der Waals surface area contributed by atoms with Gasteiger partial charge in [-0.25, -0.2) is 0 Å². The lowest BCUT2D eigenvalue weighted by molar-refractivity contribution is -0.119. The molecule has 1 aliphatic rings. The molecule has 2 aromatic carbocycles. The largest absolute Gasteiger partial charge is 0.497 e. The number of amides is 2. The van der Waals surface area contributed by atoms with Crippen molar-refractivity contribution in [2.45, 2.75) is 19.4 Å². The van der Waals surface area contributed by atoms with Crippen LogP contribution in [0.2, 0.25) is 0 Å². The molecular weight excluding hydrogens is 342 g/mol. The normalized spacial score (nSPS) is 13.3. The van der Waals surface area contributed by atoms with Crippen molar-refractivity contribution in [2.75, 3.05) is 32.1 Å². The molecule has 1 aliphatic heterocycles. The molecule has 0 unspecified atom stereocenters. The van der Waals surface area contributed by atoms with Gasteiger partial charge in [0.1, 0.15) is 5.75 Å². The number of ether oxygens (including phenoxy) is 1. The number of carbonyl (C=O) groups is 2. The van der Waals surface area contributed by atoms with Gasteiger partial charge in [0, 0.05) is 30.9 Å². The van der Waals surface area contributed by atoms with Crippen molar-refractivity contribution in [3.8, 4) is 5.75 Å². The number of carbonyl (C=O) groups excluding carboxylic acids is 2. The zero-order valence-electron chi connectivity index (χ0n) is 15.5. The molecule has 2 aromatic rings. The lowest BCUT2D eigenvalue weighted by atomic mass is 10.2. The number of likely N-dealkylation sites (tertiary alicyclic amines) is 1. The van der Waals surface area contributed by atoms with E-state index in [1.165, 1.54) is 0 Å². The molecule has 27 heavy (non-hydrogen) atoms. The number of anilines is 1. The maximum absolute atomic E-state index is 12.3. The molecule has 0 aliphatic carbocycles. The minimum Gasteiger partial charge on any atom is -0.497 e. The fourth-order valence-corrected chi connectivity index (χ4v) is 3.02. The van der Waals surface area contributed by atoms with E-state index in [9.17, 15) is 9.59 Å². The highest BCUT2D eigenvalue weighted by Gasteiger charge is 2.19. The van der Waals surface area contributed by atoms with E-state index in [-0.39, 0.29) is 18.4 Å². The van der Waals surface area contributed by atoms with Gasteiger partial charge in [-0.3, -0.25) is 9.59 Å². The minimum atomic E-state index is -0.0944. The summed E-state index contributed by atoms with van der Waals surface area (Å²) in [4.78, 5) is 26.2. The Morgan fingerprint density at radius 2 is 1.67 bits per heavy atom. The summed E-state index contributed by atoms with van der Waals surface area (Å²) in [6, 6.07) is 14.8. The molecule has 1 saturated heterocycles. The first kappa shape index (κ1) is 18.8. The van der Waals surface area contributed by atoms with E-state index in [1.54, 1.807) is 19.2 Å². The third-order valence-corrected chi connectivity index (χ3v) is 4.63. The summed E-state index contributed by atoms with van der Waals surface area (Å²) in [5, 5.41) is 5.95. The Balaban J connectivity index is 1.43. The van der Waals surface area contributed by atoms with Crippen molar-refractivity contribution < 1.29 is 14.3 Å². The van der Waals surface area contributed by atoms with Crippen LogP contribution in [0.4, 0.5) is 5.69 Å². The summed E-state index contributed by atoms with van der Waals surface area (Å²) < 4.78 is 5.11. The van der Waals surface area contributed by atoms with E-state index < -0.39 is 0 Å². The Hall–Kier alpha value is -3.02. The Morgan fingerprint density at radius 1 is 1.00 bits per heavy atom. The number of rotatable bonds is 7. The second kappa shape index (κ2) is 9.07. The zero-order chi connectivity index (χ0) is 19.1. The molecule has 6 nitrogen and oxygen atoms in total. The number of hydrogen-bond donors (Lipinski definition) is 2. The van der Waals surface area contributed by atoms with Crippen molar-refractivity contribution >= 4 is 17.5 Å². The van der Waals surface area contributed by atoms with Crippen LogP contribution in [0.15, 0.2) is 48.5 Å². The summed E-state index contributed by atoms with van der Waals surface area (Å²) in [6.07, 6.45) is 2.16. The molecular formula is C21H25N3O3. The molecule has 142 valence electrons. The van der Waals surface area contributed by atoms with Crippen molar-refractivity contribution in [3.05, 3.63) is 59.7 Å². The molecule has 1 heterocycles. The lowest BCUT2D eigenvalue weighted by Crippen LogP contribution is -2.29. The molecule has 0 aromatic heterocycles. The SMILES string of the molecule is COc1ccc(CNC(=O)CNc2ccc(C(=O)N3CCCC3)cc2)cc1. The summed E-state index contributed by atoms with van der Waals surface area (Å²) in [5.74, 6) is 0.776. The Kier molecular flexibility index (Phi) is 6.30. The Labute approximate surface area is 159 Å². The number of hydrogen-bond acceptors (Lipinski definition) is 4. The van der Waals surface area contributed by atoms with Crippen LogP contribution in [0.25, 0.3) is 0 Å². The highest BCUT2D eigenvalue weighted by molar-refractivity contribution is 5.94. The van der Waals surface area contributed by atoms with Gasteiger partial charge in [-0.05, 0) is 54.8 Å². The Bertz CT molecular complexity index is 766. The standard InChI is InChI=1S/C21H25N3O3/c1-27-19-10-4-16(5-11-19)14-23-20(25)15-22-18-8-6-17(7-9-18)21(26)24-12-2-3-13-24/h4-11,22H,2-3,12-15H2,1H3,(H,23,25). The van der Waals surface area contributed by atoms with Crippen LogP contribution in [-0.2, 0) is 11.3 Å². The molecule has 0 spiro atoms. The Morgan fingerprint density at radius 3 is 2.30 bits per heavy atom. The van der Waals surface area contributed by atoms with E-state index in [0.29, 0.717) is 12.1 Å². The van der Waals surface area contributed by atoms with E-state index >= 15 is 0 Å². The van der Waals surface area contributed by atoms with Crippen LogP contribution in [-0.4, -0.2) is 43.5 Å². The fraction of sp³-hybridized carbons (Fsp3) is 0.333. The van der Waals surface area contributed by atoms with Crippen molar-refractivity contribution in [3.63, 3.8) is 0 Å². The van der Waals surface area contributed by atoms with Gasteiger partial charge in [0.2, 0.25) is 5.91 Å². The summed E-state index contributed by atoms with van der Waals surface area (Å²) >= 11 is 0. The number of benzene rings is 2. The molecule has 3 rings (SSSR count). The number of nitrogens with zero attached hydrogens (tertiary/aromatic N) is 1. The first-order valence-corrected chi connectivity index (χ1v) is 9.18. The smallest absolute Gasteiger partial charge is 0.253 e.